The molecule has 0 spiro atoms. The number of carbonyl (C=O) groups is 2. The predicted octanol–water partition coefficient (Wildman–Crippen LogP) is 3.33. The fraction of sp³-hybridized carbons (Fsp3) is 0.278. The number of benzene rings is 1. The molecule has 0 atom stereocenters. The number of rotatable bonds is 7. The number of pyridine rings is 1. The van der Waals surface area contributed by atoms with Gasteiger partial charge in [-0.15, -0.1) is 0 Å². The molecule has 126 valence electrons. The van der Waals surface area contributed by atoms with Gasteiger partial charge in [0.05, 0.1) is 17.7 Å². The number of amides is 1. The number of anilines is 2. The van der Waals surface area contributed by atoms with Crippen LogP contribution in [0.15, 0.2) is 42.6 Å². The Morgan fingerprint density at radius 1 is 1.04 bits per heavy atom. The summed E-state index contributed by atoms with van der Waals surface area (Å²) >= 11 is 0. The molecule has 1 aromatic carbocycles. The maximum atomic E-state index is 12.2. The molecular weight excluding hydrogens is 306 g/mol. The van der Waals surface area contributed by atoms with Crippen LogP contribution in [-0.4, -0.2) is 30.0 Å². The lowest BCUT2D eigenvalue weighted by atomic mass is 10.2. The van der Waals surface area contributed by atoms with Gasteiger partial charge in [-0.2, -0.15) is 0 Å². The molecule has 2 aromatic rings. The van der Waals surface area contributed by atoms with Crippen molar-refractivity contribution < 1.29 is 14.3 Å². The number of nitrogens with one attached hydrogen (secondary N) is 2. The third-order valence-corrected chi connectivity index (χ3v) is 3.24. The summed E-state index contributed by atoms with van der Waals surface area (Å²) in [7, 11) is 0. The lowest BCUT2D eigenvalue weighted by Crippen LogP contribution is -2.13. The van der Waals surface area contributed by atoms with Crippen LogP contribution in [0, 0.1) is 0 Å². The second-order valence-corrected chi connectivity index (χ2v) is 5.11. The van der Waals surface area contributed by atoms with Crippen molar-refractivity contribution >= 4 is 23.4 Å². The van der Waals surface area contributed by atoms with E-state index in [1.807, 2.05) is 0 Å². The van der Waals surface area contributed by atoms with Gasteiger partial charge in [0.25, 0.3) is 5.91 Å². The molecule has 24 heavy (non-hydrogen) atoms. The lowest BCUT2D eigenvalue weighted by molar-refractivity contribution is 0.0526. The molecule has 0 radical (unpaired) electrons. The first kappa shape index (κ1) is 17.5. The average Bonchev–Trinajstić information content (AvgIpc) is 2.61. The molecule has 6 heteroatoms. The summed E-state index contributed by atoms with van der Waals surface area (Å²) in [5.74, 6) is 0.107. The van der Waals surface area contributed by atoms with Gasteiger partial charge >= 0.3 is 5.97 Å². The average molecular weight is 327 g/mol. The van der Waals surface area contributed by atoms with Gasteiger partial charge in [-0.1, -0.05) is 6.92 Å². The second-order valence-electron chi connectivity index (χ2n) is 5.11. The molecule has 0 saturated heterocycles. The Morgan fingerprint density at radius 3 is 2.33 bits per heavy atom. The predicted molar refractivity (Wildman–Crippen MR) is 93.4 cm³/mol. The fourth-order valence-corrected chi connectivity index (χ4v) is 1.99. The van der Waals surface area contributed by atoms with Crippen molar-refractivity contribution in [2.75, 3.05) is 23.8 Å². The lowest BCUT2D eigenvalue weighted by Gasteiger charge is -2.07. The van der Waals surface area contributed by atoms with E-state index >= 15 is 0 Å². The minimum atomic E-state index is -0.380. The molecule has 0 aliphatic rings. The Morgan fingerprint density at radius 2 is 1.75 bits per heavy atom. The van der Waals surface area contributed by atoms with Crippen molar-refractivity contribution in [3.05, 3.63) is 53.7 Å². The van der Waals surface area contributed by atoms with Gasteiger partial charge in [0.2, 0.25) is 0 Å². The van der Waals surface area contributed by atoms with Crippen LogP contribution in [-0.2, 0) is 4.74 Å². The minimum absolute atomic E-state index is 0.256. The Bertz CT molecular complexity index is 682. The van der Waals surface area contributed by atoms with Crippen LogP contribution in [0.4, 0.5) is 11.5 Å². The molecule has 1 amide bonds. The van der Waals surface area contributed by atoms with Gasteiger partial charge in [0, 0.05) is 18.4 Å². The normalized spacial score (nSPS) is 10.1. The third-order valence-electron chi connectivity index (χ3n) is 3.24. The molecule has 1 heterocycles. The Kier molecular flexibility index (Phi) is 6.31. The van der Waals surface area contributed by atoms with Gasteiger partial charge in [-0.3, -0.25) is 4.79 Å². The van der Waals surface area contributed by atoms with Crippen LogP contribution in [0.2, 0.25) is 0 Å². The molecule has 1 aromatic heterocycles. The number of hydrogen-bond acceptors (Lipinski definition) is 5. The Labute approximate surface area is 141 Å². The third kappa shape index (κ3) is 4.81. The molecule has 0 bridgehead atoms. The molecule has 2 N–H and O–H groups in total. The molecular formula is C18H21N3O3. The molecule has 0 unspecified atom stereocenters. The second kappa shape index (κ2) is 8.67. The summed E-state index contributed by atoms with van der Waals surface area (Å²) in [6.07, 6.45) is 2.53. The summed E-state index contributed by atoms with van der Waals surface area (Å²) in [6.45, 7) is 4.99. The number of hydrogen-bond donors (Lipinski definition) is 2. The van der Waals surface area contributed by atoms with Crippen molar-refractivity contribution in [3.63, 3.8) is 0 Å². The summed E-state index contributed by atoms with van der Waals surface area (Å²) in [4.78, 5) is 28.0. The van der Waals surface area contributed by atoms with E-state index < -0.39 is 0 Å². The van der Waals surface area contributed by atoms with Crippen molar-refractivity contribution in [1.82, 2.24) is 4.98 Å². The van der Waals surface area contributed by atoms with Crippen molar-refractivity contribution in [3.8, 4) is 0 Å². The van der Waals surface area contributed by atoms with E-state index in [-0.39, 0.29) is 11.9 Å². The SMILES string of the molecule is CCCNc1ccc(C(=O)Nc2ccc(C(=O)OCC)cc2)cn1. The van der Waals surface area contributed by atoms with E-state index in [0.29, 0.717) is 23.4 Å². The first-order valence-electron chi connectivity index (χ1n) is 7.92. The highest BCUT2D eigenvalue weighted by molar-refractivity contribution is 6.04. The number of aromatic nitrogens is 1. The molecule has 0 fully saturated rings. The van der Waals surface area contributed by atoms with Gasteiger partial charge < -0.3 is 15.4 Å². The zero-order chi connectivity index (χ0) is 17.4. The standard InChI is InChI=1S/C18H21N3O3/c1-3-11-19-16-10-7-14(12-20-16)17(22)21-15-8-5-13(6-9-15)18(23)24-4-2/h5-10,12H,3-4,11H2,1-2H3,(H,19,20)(H,21,22). The van der Waals surface area contributed by atoms with Crippen molar-refractivity contribution in [2.24, 2.45) is 0 Å². The number of ether oxygens (including phenoxy) is 1. The Balaban J connectivity index is 1.97. The topological polar surface area (TPSA) is 80.3 Å². The van der Waals surface area contributed by atoms with Crippen molar-refractivity contribution in [2.45, 2.75) is 20.3 Å². The van der Waals surface area contributed by atoms with Gasteiger partial charge in [-0.05, 0) is 49.7 Å². The van der Waals surface area contributed by atoms with Crippen LogP contribution >= 0.6 is 0 Å². The molecule has 2 rings (SSSR count). The molecule has 0 aliphatic heterocycles. The molecule has 0 saturated carbocycles. The first-order chi connectivity index (χ1) is 11.6. The maximum Gasteiger partial charge on any atom is 0.338 e. The van der Waals surface area contributed by atoms with Crippen LogP contribution < -0.4 is 10.6 Å². The van der Waals surface area contributed by atoms with E-state index in [9.17, 15) is 9.59 Å². The van der Waals surface area contributed by atoms with Crippen LogP contribution in [0.5, 0.6) is 0 Å². The minimum Gasteiger partial charge on any atom is -0.462 e. The van der Waals surface area contributed by atoms with Gasteiger partial charge in [-0.25, -0.2) is 9.78 Å². The van der Waals surface area contributed by atoms with E-state index in [4.69, 9.17) is 4.74 Å². The largest absolute Gasteiger partial charge is 0.462 e. The summed E-state index contributed by atoms with van der Waals surface area (Å²) < 4.78 is 4.92. The van der Waals surface area contributed by atoms with E-state index in [1.165, 1.54) is 6.20 Å². The van der Waals surface area contributed by atoms with Gasteiger partial charge in [0.1, 0.15) is 5.82 Å². The highest BCUT2D eigenvalue weighted by atomic mass is 16.5. The smallest absolute Gasteiger partial charge is 0.338 e. The molecule has 0 aliphatic carbocycles. The fourth-order valence-electron chi connectivity index (χ4n) is 1.99. The monoisotopic (exact) mass is 327 g/mol. The van der Waals surface area contributed by atoms with Crippen LogP contribution in [0.1, 0.15) is 41.0 Å². The zero-order valence-corrected chi connectivity index (χ0v) is 13.8. The van der Waals surface area contributed by atoms with Crippen molar-refractivity contribution in [1.29, 1.82) is 0 Å². The van der Waals surface area contributed by atoms with Gasteiger partial charge in [0.15, 0.2) is 0 Å². The zero-order valence-electron chi connectivity index (χ0n) is 13.8. The highest BCUT2D eigenvalue weighted by Crippen LogP contribution is 2.13. The van der Waals surface area contributed by atoms with Crippen LogP contribution in [0.3, 0.4) is 0 Å². The number of carbonyl (C=O) groups excluding carboxylic acids is 2. The Hall–Kier alpha value is -2.89. The summed E-state index contributed by atoms with van der Waals surface area (Å²) in [6, 6.07) is 10.0. The van der Waals surface area contributed by atoms with E-state index in [2.05, 4.69) is 22.5 Å². The summed E-state index contributed by atoms with van der Waals surface area (Å²) in [5.41, 5.74) is 1.51. The van der Waals surface area contributed by atoms with E-state index in [1.54, 1.807) is 43.3 Å². The quantitative estimate of drug-likeness (QED) is 0.762. The number of nitrogens with zero attached hydrogens (tertiary/aromatic N) is 1. The number of esters is 1. The van der Waals surface area contributed by atoms with Crippen LogP contribution in [0.25, 0.3) is 0 Å². The first-order valence-corrected chi connectivity index (χ1v) is 7.92. The maximum absolute atomic E-state index is 12.2. The highest BCUT2D eigenvalue weighted by Gasteiger charge is 2.09. The summed E-state index contributed by atoms with van der Waals surface area (Å²) in [5, 5.41) is 5.92. The van der Waals surface area contributed by atoms with E-state index in [0.717, 1.165) is 18.8 Å². The molecule has 6 nitrogen and oxygen atoms in total.